The first kappa shape index (κ1) is 16.8. The van der Waals surface area contributed by atoms with Gasteiger partial charge >= 0.3 is 5.97 Å². The first-order chi connectivity index (χ1) is 9.58. The first-order valence-corrected chi connectivity index (χ1v) is 7.60. The zero-order valence-electron chi connectivity index (χ0n) is 12.5. The summed E-state index contributed by atoms with van der Waals surface area (Å²) in [6.07, 6.45) is 6.09. The molecule has 0 saturated heterocycles. The average Bonchev–Trinajstić information content (AvgIpc) is 2.45. The van der Waals surface area contributed by atoms with Crippen LogP contribution in [0.25, 0.3) is 0 Å². The topological polar surface area (TPSA) is 38.3 Å². The van der Waals surface area contributed by atoms with E-state index in [9.17, 15) is 4.79 Å². The van der Waals surface area contributed by atoms with Gasteiger partial charge in [0, 0.05) is 6.04 Å². The zero-order chi connectivity index (χ0) is 15.0. The molecule has 3 nitrogen and oxygen atoms in total. The van der Waals surface area contributed by atoms with E-state index in [1.807, 2.05) is 0 Å². The Hall–Kier alpha value is -1.22. The van der Waals surface area contributed by atoms with Crippen LogP contribution in [-0.4, -0.2) is 19.1 Å². The van der Waals surface area contributed by atoms with Crippen molar-refractivity contribution in [3.05, 3.63) is 28.8 Å². The quantitative estimate of drug-likeness (QED) is 0.548. The Labute approximate surface area is 126 Å². The summed E-state index contributed by atoms with van der Waals surface area (Å²) < 4.78 is 4.72. The zero-order valence-corrected chi connectivity index (χ0v) is 13.3. The summed E-state index contributed by atoms with van der Waals surface area (Å²) in [6, 6.07) is 5.47. The van der Waals surface area contributed by atoms with E-state index in [-0.39, 0.29) is 5.97 Å². The summed E-state index contributed by atoms with van der Waals surface area (Å²) in [6.45, 7) is 4.34. The minimum Gasteiger partial charge on any atom is -0.465 e. The van der Waals surface area contributed by atoms with Gasteiger partial charge in [-0.25, -0.2) is 4.79 Å². The number of benzene rings is 1. The number of carbonyl (C=O) groups is 1. The van der Waals surface area contributed by atoms with E-state index >= 15 is 0 Å². The minimum atomic E-state index is -0.347. The van der Waals surface area contributed by atoms with E-state index in [1.54, 1.807) is 18.2 Å². The fraction of sp³-hybridized carbons (Fsp3) is 0.562. The molecule has 0 bridgehead atoms. The molecule has 1 N–H and O–H groups in total. The van der Waals surface area contributed by atoms with Crippen molar-refractivity contribution < 1.29 is 9.53 Å². The summed E-state index contributed by atoms with van der Waals surface area (Å²) in [5, 5.41) is 3.99. The number of nitrogens with one attached hydrogen (secondary N) is 1. The number of hydrogen-bond donors (Lipinski definition) is 1. The molecule has 1 aromatic rings. The van der Waals surface area contributed by atoms with Crippen LogP contribution in [0.1, 0.15) is 56.3 Å². The van der Waals surface area contributed by atoms with Gasteiger partial charge in [-0.2, -0.15) is 0 Å². The normalized spacial score (nSPS) is 12.0. The smallest absolute Gasteiger partial charge is 0.337 e. The van der Waals surface area contributed by atoms with Crippen molar-refractivity contribution in [1.29, 1.82) is 0 Å². The minimum absolute atomic E-state index is 0.331. The second-order valence-corrected chi connectivity index (χ2v) is 5.49. The van der Waals surface area contributed by atoms with Gasteiger partial charge in [-0.15, -0.1) is 0 Å². The number of unbranched alkanes of at least 4 members (excludes halogenated alkanes) is 3. The van der Waals surface area contributed by atoms with Gasteiger partial charge in [0.05, 0.1) is 23.4 Å². The molecule has 1 atom stereocenters. The van der Waals surface area contributed by atoms with Gasteiger partial charge in [0.2, 0.25) is 0 Å². The van der Waals surface area contributed by atoms with Gasteiger partial charge in [0.25, 0.3) is 0 Å². The molecular weight excluding hydrogens is 274 g/mol. The SMILES string of the molecule is CCCCCCC(C)Nc1cc(C(=O)OC)ccc1Cl. The Morgan fingerprint density at radius 2 is 2.10 bits per heavy atom. The molecule has 0 aliphatic heterocycles. The Kier molecular flexibility index (Phi) is 7.45. The van der Waals surface area contributed by atoms with E-state index < -0.39 is 0 Å². The van der Waals surface area contributed by atoms with Crippen molar-refractivity contribution in [3.8, 4) is 0 Å². The molecule has 0 aromatic heterocycles. The van der Waals surface area contributed by atoms with Crippen molar-refractivity contribution in [2.24, 2.45) is 0 Å². The van der Waals surface area contributed by atoms with E-state index in [0.717, 1.165) is 12.1 Å². The molecule has 0 fully saturated rings. The van der Waals surface area contributed by atoms with Crippen molar-refractivity contribution in [3.63, 3.8) is 0 Å². The Balaban J connectivity index is 2.59. The van der Waals surface area contributed by atoms with Gasteiger partial charge in [-0.05, 0) is 31.5 Å². The van der Waals surface area contributed by atoms with Crippen LogP contribution in [0.15, 0.2) is 18.2 Å². The number of halogens is 1. The third-order valence-electron chi connectivity index (χ3n) is 3.28. The molecule has 0 amide bonds. The second-order valence-electron chi connectivity index (χ2n) is 5.08. The number of carbonyl (C=O) groups excluding carboxylic acids is 1. The summed E-state index contributed by atoms with van der Waals surface area (Å²) in [7, 11) is 1.38. The molecule has 0 spiro atoms. The second kappa shape index (κ2) is 8.85. The molecule has 0 heterocycles. The number of anilines is 1. The molecule has 112 valence electrons. The summed E-state index contributed by atoms with van der Waals surface area (Å²) in [4.78, 5) is 11.5. The van der Waals surface area contributed by atoms with Crippen LogP contribution >= 0.6 is 11.6 Å². The molecule has 4 heteroatoms. The Morgan fingerprint density at radius 1 is 1.35 bits per heavy atom. The van der Waals surface area contributed by atoms with Gasteiger partial charge < -0.3 is 10.1 Å². The largest absolute Gasteiger partial charge is 0.465 e. The molecule has 0 radical (unpaired) electrons. The maximum atomic E-state index is 11.5. The lowest BCUT2D eigenvalue weighted by Crippen LogP contribution is -2.15. The van der Waals surface area contributed by atoms with Gasteiger partial charge in [-0.3, -0.25) is 0 Å². The van der Waals surface area contributed by atoms with Gasteiger partial charge in [-0.1, -0.05) is 44.2 Å². The van der Waals surface area contributed by atoms with Crippen LogP contribution in [0.2, 0.25) is 5.02 Å². The van der Waals surface area contributed by atoms with Crippen molar-refractivity contribution in [2.75, 3.05) is 12.4 Å². The van der Waals surface area contributed by atoms with E-state index in [2.05, 4.69) is 19.2 Å². The molecular formula is C16H24ClNO2. The van der Waals surface area contributed by atoms with Crippen LogP contribution in [0.5, 0.6) is 0 Å². The standard InChI is InChI=1S/C16H24ClNO2/c1-4-5-6-7-8-12(2)18-15-11-13(16(19)20-3)9-10-14(15)17/h9-12,18H,4-8H2,1-3H3. The van der Waals surface area contributed by atoms with Crippen LogP contribution in [0.3, 0.4) is 0 Å². The lowest BCUT2D eigenvalue weighted by molar-refractivity contribution is 0.0601. The molecule has 0 saturated carbocycles. The summed E-state index contributed by atoms with van der Waals surface area (Å²) in [5.41, 5.74) is 1.30. The molecule has 1 aromatic carbocycles. The van der Waals surface area contributed by atoms with E-state index in [4.69, 9.17) is 16.3 Å². The molecule has 20 heavy (non-hydrogen) atoms. The van der Waals surface area contributed by atoms with Crippen LogP contribution in [-0.2, 0) is 4.74 Å². The Morgan fingerprint density at radius 3 is 2.75 bits per heavy atom. The molecule has 1 unspecified atom stereocenters. The molecule has 0 aliphatic carbocycles. The van der Waals surface area contributed by atoms with Crippen LogP contribution in [0.4, 0.5) is 5.69 Å². The predicted octanol–water partition coefficient (Wildman–Crippen LogP) is 4.90. The lowest BCUT2D eigenvalue weighted by Gasteiger charge is -2.17. The van der Waals surface area contributed by atoms with Crippen molar-refractivity contribution in [2.45, 2.75) is 52.0 Å². The van der Waals surface area contributed by atoms with Crippen molar-refractivity contribution in [1.82, 2.24) is 0 Å². The summed E-state index contributed by atoms with van der Waals surface area (Å²) >= 11 is 6.16. The number of ether oxygens (including phenoxy) is 1. The molecule has 0 aliphatic rings. The fourth-order valence-electron chi connectivity index (χ4n) is 2.10. The highest BCUT2D eigenvalue weighted by Crippen LogP contribution is 2.25. The highest BCUT2D eigenvalue weighted by Gasteiger charge is 2.10. The van der Waals surface area contributed by atoms with E-state index in [1.165, 1.54) is 32.8 Å². The van der Waals surface area contributed by atoms with Crippen LogP contribution < -0.4 is 5.32 Å². The Bertz CT molecular complexity index is 434. The third kappa shape index (κ3) is 5.41. The first-order valence-electron chi connectivity index (χ1n) is 7.22. The highest BCUT2D eigenvalue weighted by molar-refractivity contribution is 6.33. The van der Waals surface area contributed by atoms with Crippen molar-refractivity contribution >= 4 is 23.3 Å². The predicted molar refractivity (Wildman–Crippen MR) is 84.6 cm³/mol. The average molecular weight is 298 g/mol. The van der Waals surface area contributed by atoms with Crippen LogP contribution in [0, 0.1) is 0 Å². The number of methoxy groups -OCH3 is 1. The number of rotatable bonds is 8. The molecule has 1 rings (SSSR count). The van der Waals surface area contributed by atoms with Gasteiger partial charge in [0.1, 0.15) is 0 Å². The maximum Gasteiger partial charge on any atom is 0.337 e. The maximum absolute atomic E-state index is 11.5. The fourth-order valence-corrected chi connectivity index (χ4v) is 2.27. The van der Waals surface area contributed by atoms with Gasteiger partial charge in [0.15, 0.2) is 0 Å². The summed E-state index contributed by atoms with van der Waals surface area (Å²) in [5.74, 6) is -0.347. The van der Waals surface area contributed by atoms with E-state index in [0.29, 0.717) is 16.6 Å². The third-order valence-corrected chi connectivity index (χ3v) is 3.61. The number of esters is 1. The number of hydrogen-bond acceptors (Lipinski definition) is 3. The lowest BCUT2D eigenvalue weighted by atomic mass is 10.1. The monoisotopic (exact) mass is 297 g/mol. The highest BCUT2D eigenvalue weighted by atomic mass is 35.5.